The van der Waals surface area contributed by atoms with Crippen LogP contribution in [-0.4, -0.2) is 76.4 Å². The van der Waals surface area contributed by atoms with E-state index in [2.05, 4.69) is 37.6 Å². The molecule has 0 aliphatic carbocycles. The van der Waals surface area contributed by atoms with E-state index in [1.165, 1.54) is 18.3 Å². The van der Waals surface area contributed by atoms with Crippen LogP contribution in [-0.2, 0) is 22.4 Å². The summed E-state index contributed by atoms with van der Waals surface area (Å²) in [6, 6.07) is 5.61. The zero-order valence-corrected chi connectivity index (χ0v) is 22.8. The molecule has 1 aliphatic heterocycles. The van der Waals surface area contributed by atoms with Gasteiger partial charge in [0.25, 0.3) is 0 Å². The van der Waals surface area contributed by atoms with Gasteiger partial charge in [-0.3, -0.25) is 0 Å². The van der Waals surface area contributed by atoms with Crippen molar-refractivity contribution in [3.8, 4) is 0 Å². The van der Waals surface area contributed by atoms with Crippen LogP contribution in [0.15, 0.2) is 24.5 Å². The maximum Gasteiger partial charge on any atom is 0.326 e. The third-order valence-corrected chi connectivity index (χ3v) is 7.85. The van der Waals surface area contributed by atoms with Crippen LogP contribution in [0.2, 0.25) is 0 Å². The number of nitrogens with zero attached hydrogens (tertiary/aromatic N) is 4. The molecule has 0 saturated carbocycles. The lowest BCUT2D eigenvalue weighted by atomic mass is 10.1. The zero-order valence-electron chi connectivity index (χ0n) is 22.0. The molecule has 0 fully saturated rings. The fourth-order valence-corrected chi connectivity index (χ4v) is 5.61. The van der Waals surface area contributed by atoms with Gasteiger partial charge in [0.05, 0.1) is 16.3 Å². The molecule has 0 spiro atoms. The van der Waals surface area contributed by atoms with E-state index >= 15 is 0 Å². The van der Waals surface area contributed by atoms with Gasteiger partial charge in [-0.25, -0.2) is 19.7 Å². The Balaban J connectivity index is 1.31. The van der Waals surface area contributed by atoms with Crippen LogP contribution in [0.3, 0.4) is 0 Å². The first-order chi connectivity index (χ1) is 17.9. The summed E-state index contributed by atoms with van der Waals surface area (Å²) in [5, 5.41) is 16.5. The SMILES string of the molecule is CO[C@H](C)CN(CCCCc1ccc2c(n1)NCCC2)CC[C@H](Nc1ncnc2cc(C)sc12)C(=O)O. The molecule has 0 amide bonds. The second kappa shape index (κ2) is 13.1. The highest BCUT2D eigenvalue weighted by atomic mass is 32.1. The lowest BCUT2D eigenvalue weighted by Gasteiger charge is -2.27. The fraction of sp³-hybridized carbons (Fsp3) is 0.556. The summed E-state index contributed by atoms with van der Waals surface area (Å²) in [6.07, 6.45) is 7.25. The molecule has 200 valence electrons. The van der Waals surface area contributed by atoms with E-state index in [9.17, 15) is 9.90 Å². The lowest BCUT2D eigenvalue weighted by Crippen LogP contribution is -2.38. The number of aliphatic carboxylic acids is 1. The number of carboxylic acids is 1. The summed E-state index contributed by atoms with van der Waals surface area (Å²) in [5.41, 5.74) is 3.28. The van der Waals surface area contributed by atoms with Crippen LogP contribution in [0.1, 0.15) is 48.7 Å². The molecular weight excluding hydrogens is 488 g/mol. The normalized spacial score (nSPS) is 14.8. The molecule has 0 saturated heterocycles. The van der Waals surface area contributed by atoms with Crippen molar-refractivity contribution in [1.82, 2.24) is 19.9 Å². The predicted molar refractivity (Wildman–Crippen MR) is 149 cm³/mol. The Hall–Kier alpha value is -2.82. The van der Waals surface area contributed by atoms with Gasteiger partial charge in [-0.2, -0.15) is 0 Å². The summed E-state index contributed by atoms with van der Waals surface area (Å²) in [4.78, 5) is 29.0. The number of nitrogens with one attached hydrogen (secondary N) is 2. The number of ether oxygens (including phenoxy) is 1. The van der Waals surface area contributed by atoms with Gasteiger partial charge in [0, 0.05) is 37.3 Å². The second-order valence-corrected chi connectivity index (χ2v) is 11.0. The Bertz CT molecular complexity index is 1190. The molecule has 1 aliphatic rings. The highest BCUT2D eigenvalue weighted by Crippen LogP contribution is 2.29. The highest BCUT2D eigenvalue weighted by Gasteiger charge is 2.22. The monoisotopic (exact) mass is 526 g/mol. The van der Waals surface area contributed by atoms with Crippen molar-refractivity contribution in [2.24, 2.45) is 0 Å². The first-order valence-electron chi connectivity index (χ1n) is 13.1. The quantitative estimate of drug-likeness (QED) is 0.264. The first kappa shape index (κ1) is 27.2. The number of pyridine rings is 1. The fourth-order valence-electron chi connectivity index (χ4n) is 4.69. The predicted octanol–water partition coefficient (Wildman–Crippen LogP) is 4.37. The number of methoxy groups -OCH3 is 1. The van der Waals surface area contributed by atoms with Gasteiger partial charge < -0.3 is 25.4 Å². The van der Waals surface area contributed by atoms with Crippen LogP contribution in [0.5, 0.6) is 0 Å². The molecule has 9 nitrogen and oxygen atoms in total. The second-order valence-electron chi connectivity index (χ2n) is 9.76. The van der Waals surface area contributed by atoms with Gasteiger partial charge in [-0.1, -0.05) is 6.07 Å². The largest absolute Gasteiger partial charge is 0.480 e. The Morgan fingerprint density at radius 3 is 2.97 bits per heavy atom. The van der Waals surface area contributed by atoms with E-state index < -0.39 is 12.0 Å². The molecule has 4 rings (SSSR count). The third kappa shape index (κ3) is 7.59. The van der Waals surface area contributed by atoms with E-state index in [4.69, 9.17) is 9.72 Å². The van der Waals surface area contributed by atoms with Crippen molar-refractivity contribution >= 4 is 39.2 Å². The van der Waals surface area contributed by atoms with Crippen molar-refractivity contribution < 1.29 is 14.6 Å². The lowest BCUT2D eigenvalue weighted by molar-refractivity contribution is -0.138. The van der Waals surface area contributed by atoms with E-state index in [1.807, 2.05) is 19.9 Å². The van der Waals surface area contributed by atoms with E-state index in [1.54, 1.807) is 18.4 Å². The number of fused-ring (bicyclic) bond motifs is 2. The minimum Gasteiger partial charge on any atom is -0.480 e. The molecule has 10 heteroatoms. The molecule has 3 N–H and O–H groups in total. The van der Waals surface area contributed by atoms with Crippen LogP contribution >= 0.6 is 11.3 Å². The Kier molecular flexibility index (Phi) is 9.65. The minimum atomic E-state index is -0.883. The van der Waals surface area contributed by atoms with Crippen molar-refractivity contribution in [1.29, 1.82) is 0 Å². The van der Waals surface area contributed by atoms with Gasteiger partial charge in [0.2, 0.25) is 0 Å². The molecule has 3 aromatic heterocycles. The molecule has 0 radical (unpaired) electrons. The van der Waals surface area contributed by atoms with Crippen molar-refractivity contribution in [3.05, 3.63) is 40.7 Å². The van der Waals surface area contributed by atoms with E-state index in [-0.39, 0.29) is 6.10 Å². The van der Waals surface area contributed by atoms with Crippen LogP contribution < -0.4 is 10.6 Å². The van der Waals surface area contributed by atoms with E-state index in [0.717, 1.165) is 71.9 Å². The van der Waals surface area contributed by atoms with Gasteiger partial charge in [0.1, 0.15) is 24.0 Å². The molecule has 2 atom stereocenters. The number of carboxylic acid groups (broad SMARTS) is 1. The van der Waals surface area contributed by atoms with Crippen molar-refractivity contribution in [2.45, 2.75) is 64.5 Å². The Morgan fingerprint density at radius 1 is 1.30 bits per heavy atom. The molecule has 3 aromatic rings. The third-order valence-electron chi connectivity index (χ3n) is 6.80. The Morgan fingerprint density at radius 2 is 2.16 bits per heavy atom. The topological polar surface area (TPSA) is 113 Å². The van der Waals surface area contributed by atoms with Crippen molar-refractivity contribution in [2.75, 3.05) is 43.9 Å². The number of hydrogen-bond donors (Lipinski definition) is 3. The Labute approximate surface area is 222 Å². The number of aryl methyl sites for hydroxylation is 3. The average molecular weight is 527 g/mol. The average Bonchev–Trinajstić information content (AvgIpc) is 3.29. The maximum absolute atomic E-state index is 12.1. The smallest absolute Gasteiger partial charge is 0.326 e. The summed E-state index contributed by atoms with van der Waals surface area (Å²) in [5.74, 6) is 0.747. The molecule has 0 aromatic carbocycles. The molecule has 4 heterocycles. The number of aromatic nitrogens is 3. The van der Waals surface area contributed by atoms with Crippen molar-refractivity contribution in [3.63, 3.8) is 0 Å². The maximum atomic E-state index is 12.1. The van der Waals surface area contributed by atoms with E-state index in [0.29, 0.717) is 18.8 Å². The first-order valence-corrected chi connectivity index (χ1v) is 13.9. The number of hydrogen-bond acceptors (Lipinski definition) is 9. The molecule has 0 bridgehead atoms. The summed E-state index contributed by atoms with van der Waals surface area (Å²) in [6.45, 7) is 7.34. The number of anilines is 2. The highest BCUT2D eigenvalue weighted by molar-refractivity contribution is 7.19. The van der Waals surface area contributed by atoms with Gasteiger partial charge in [0.15, 0.2) is 0 Å². The number of rotatable bonds is 14. The van der Waals surface area contributed by atoms with Crippen LogP contribution in [0.4, 0.5) is 11.6 Å². The number of carbonyl (C=O) groups is 1. The van der Waals surface area contributed by atoms with Crippen LogP contribution in [0, 0.1) is 6.92 Å². The number of thiophene rings is 1. The standard InChI is InChI=1S/C27H38N6O3S/c1-18(36-3)16-33(13-5-4-8-21-10-9-20-7-6-12-28-25(20)31-21)14-11-22(27(34)35)32-26-24-23(29-17-30-26)15-19(2)37-24/h9-10,15,17-18,22H,4-8,11-14,16H2,1-3H3,(H,28,31)(H,34,35)(H,29,30,32)/t18-,22+/m1/s1. The summed E-state index contributed by atoms with van der Waals surface area (Å²) in [7, 11) is 1.71. The summed E-state index contributed by atoms with van der Waals surface area (Å²) >= 11 is 1.57. The molecular formula is C27H38N6O3S. The van der Waals surface area contributed by atoms with Crippen LogP contribution in [0.25, 0.3) is 10.2 Å². The zero-order chi connectivity index (χ0) is 26.2. The minimum absolute atomic E-state index is 0.0696. The summed E-state index contributed by atoms with van der Waals surface area (Å²) < 4.78 is 6.39. The van der Waals surface area contributed by atoms with Gasteiger partial charge >= 0.3 is 5.97 Å². The van der Waals surface area contributed by atoms with Gasteiger partial charge in [-0.05, 0) is 76.6 Å². The molecule has 37 heavy (non-hydrogen) atoms. The van der Waals surface area contributed by atoms with Gasteiger partial charge in [-0.15, -0.1) is 11.3 Å². The molecule has 0 unspecified atom stereocenters. The number of unbranched alkanes of at least 4 members (excludes halogenated alkanes) is 1.